The number of ether oxygens (including phenoxy) is 1. The molecule has 90 valence electrons. The fraction of sp³-hybridized carbons (Fsp3) is 0.462. The van der Waals surface area contributed by atoms with Crippen LogP contribution in [-0.2, 0) is 4.74 Å². The smallest absolute Gasteiger partial charge is 0.101 e. The third-order valence-corrected chi connectivity index (χ3v) is 3.00. The van der Waals surface area contributed by atoms with Crippen LogP contribution in [0.5, 0.6) is 0 Å². The van der Waals surface area contributed by atoms with Crippen LogP contribution in [0.25, 0.3) is 0 Å². The van der Waals surface area contributed by atoms with Crippen molar-refractivity contribution in [3.8, 4) is 6.07 Å². The predicted octanol–water partition coefficient (Wildman–Crippen LogP) is 0.983. The van der Waals surface area contributed by atoms with E-state index in [0.717, 1.165) is 30.9 Å². The van der Waals surface area contributed by atoms with Gasteiger partial charge in [0, 0.05) is 13.1 Å². The molecule has 0 radical (unpaired) electrons. The van der Waals surface area contributed by atoms with E-state index in [4.69, 9.17) is 10.00 Å². The lowest BCUT2D eigenvalue weighted by Crippen LogP contribution is -2.50. The number of morpholine rings is 1. The normalized spacial score (nSPS) is 20.0. The van der Waals surface area contributed by atoms with E-state index in [9.17, 15) is 0 Å². The van der Waals surface area contributed by atoms with Crippen molar-refractivity contribution >= 4 is 5.69 Å². The zero-order valence-corrected chi connectivity index (χ0v) is 10.0. The van der Waals surface area contributed by atoms with Crippen LogP contribution in [-0.4, -0.2) is 39.4 Å². The zero-order chi connectivity index (χ0) is 12.1. The number of nitrogens with zero attached hydrogens (tertiary/aromatic N) is 2. The SMILES string of the molecule is CNCC1COCCN1c1ccccc1C#N. The molecule has 1 aliphatic heterocycles. The molecule has 0 amide bonds. The average Bonchev–Trinajstić information content (AvgIpc) is 2.40. The van der Waals surface area contributed by atoms with Crippen molar-refractivity contribution in [1.82, 2.24) is 5.32 Å². The quantitative estimate of drug-likeness (QED) is 0.842. The van der Waals surface area contributed by atoms with Crippen LogP contribution in [0.3, 0.4) is 0 Å². The molecule has 17 heavy (non-hydrogen) atoms. The van der Waals surface area contributed by atoms with Gasteiger partial charge in [-0.15, -0.1) is 0 Å². The van der Waals surface area contributed by atoms with Crippen LogP contribution >= 0.6 is 0 Å². The Morgan fingerprint density at radius 3 is 3.12 bits per heavy atom. The summed E-state index contributed by atoms with van der Waals surface area (Å²) in [6, 6.07) is 10.3. The van der Waals surface area contributed by atoms with E-state index < -0.39 is 0 Å². The first-order valence-electron chi connectivity index (χ1n) is 5.85. The van der Waals surface area contributed by atoms with Crippen LogP contribution in [0.4, 0.5) is 5.69 Å². The largest absolute Gasteiger partial charge is 0.377 e. The van der Waals surface area contributed by atoms with Crippen molar-refractivity contribution in [1.29, 1.82) is 5.26 Å². The lowest BCUT2D eigenvalue weighted by molar-refractivity contribution is 0.0943. The molecule has 0 saturated carbocycles. The second-order valence-corrected chi connectivity index (χ2v) is 4.11. The van der Waals surface area contributed by atoms with Gasteiger partial charge in [0.1, 0.15) is 6.07 Å². The van der Waals surface area contributed by atoms with Gasteiger partial charge < -0.3 is 15.0 Å². The fourth-order valence-corrected chi connectivity index (χ4v) is 2.20. The number of para-hydroxylation sites is 1. The van der Waals surface area contributed by atoms with Gasteiger partial charge in [-0.05, 0) is 19.2 Å². The molecule has 2 rings (SSSR count). The first-order chi connectivity index (χ1) is 8.36. The maximum Gasteiger partial charge on any atom is 0.101 e. The number of benzene rings is 1. The van der Waals surface area contributed by atoms with Gasteiger partial charge in [0.2, 0.25) is 0 Å². The molecule has 1 atom stereocenters. The molecular weight excluding hydrogens is 214 g/mol. The topological polar surface area (TPSA) is 48.3 Å². The summed E-state index contributed by atoms with van der Waals surface area (Å²) in [4.78, 5) is 2.26. The van der Waals surface area contributed by atoms with E-state index in [0.29, 0.717) is 12.6 Å². The number of nitriles is 1. The van der Waals surface area contributed by atoms with Gasteiger partial charge in [0.25, 0.3) is 0 Å². The molecule has 0 bridgehead atoms. The second-order valence-electron chi connectivity index (χ2n) is 4.11. The van der Waals surface area contributed by atoms with E-state index in [1.165, 1.54) is 0 Å². The summed E-state index contributed by atoms with van der Waals surface area (Å²) < 4.78 is 5.50. The fourth-order valence-electron chi connectivity index (χ4n) is 2.20. The molecule has 0 aromatic heterocycles. The van der Waals surface area contributed by atoms with Gasteiger partial charge in [-0.3, -0.25) is 0 Å². The molecule has 1 saturated heterocycles. The monoisotopic (exact) mass is 231 g/mol. The predicted molar refractivity (Wildman–Crippen MR) is 67.0 cm³/mol. The summed E-state index contributed by atoms with van der Waals surface area (Å²) in [6.45, 7) is 3.13. The number of rotatable bonds is 3. The average molecular weight is 231 g/mol. The zero-order valence-electron chi connectivity index (χ0n) is 10.0. The number of likely N-dealkylation sites (N-methyl/N-ethyl adjacent to an activating group) is 1. The highest BCUT2D eigenvalue weighted by Crippen LogP contribution is 2.23. The van der Waals surface area contributed by atoms with Crippen LogP contribution in [0.15, 0.2) is 24.3 Å². The number of anilines is 1. The van der Waals surface area contributed by atoms with Crippen molar-refractivity contribution in [2.45, 2.75) is 6.04 Å². The minimum Gasteiger partial charge on any atom is -0.377 e. The number of hydrogen-bond donors (Lipinski definition) is 1. The minimum atomic E-state index is 0.295. The third-order valence-electron chi connectivity index (χ3n) is 3.00. The molecular formula is C13H17N3O. The maximum absolute atomic E-state index is 9.14. The molecule has 1 aliphatic rings. The summed E-state index contributed by atoms with van der Waals surface area (Å²) in [5.41, 5.74) is 1.74. The minimum absolute atomic E-state index is 0.295. The molecule has 1 heterocycles. The summed E-state index contributed by atoms with van der Waals surface area (Å²) in [6.07, 6.45) is 0. The number of hydrogen-bond acceptors (Lipinski definition) is 4. The molecule has 0 aliphatic carbocycles. The van der Waals surface area contributed by atoms with E-state index in [1.54, 1.807) is 0 Å². The van der Waals surface area contributed by atoms with Crippen molar-refractivity contribution in [3.63, 3.8) is 0 Å². The first kappa shape index (κ1) is 11.9. The molecule has 0 spiro atoms. The summed E-state index contributed by atoms with van der Waals surface area (Å²) >= 11 is 0. The van der Waals surface area contributed by atoms with Crippen molar-refractivity contribution in [2.75, 3.05) is 38.3 Å². The first-order valence-corrected chi connectivity index (χ1v) is 5.85. The van der Waals surface area contributed by atoms with E-state index >= 15 is 0 Å². The van der Waals surface area contributed by atoms with Crippen LogP contribution in [0, 0.1) is 11.3 Å². The Kier molecular flexibility index (Phi) is 3.97. The molecule has 1 fully saturated rings. The van der Waals surface area contributed by atoms with Gasteiger partial charge in [0.05, 0.1) is 30.5 Å². The molecule has 1 aromatic carbocycles. The Hall–Kier alpha value is -1.57. The highest BCUT2D eigenvalue weighted by atomic mass is 16.5. The molecule has 4 nitrogen and oxygen atoms in total. The molecule has 4 heteroatoms. The Bertz CT molecular complexity index is 411. The Labute approximate surface area is 102 Å². The van der Waals surface area contributed by atoms with Gasteiger partial charge in [0.15, 0.2) is 0 Å². The van der Waals surface area contributed by atoms with Gasteiger partial charge in [-0.1, -0.05) is 12.1 Å². The highest BCUT2D eigenvalue weighted by Gasteiger charge is 2.24. The third kappa shape index (κ3) is 2.57. The van der Waals surface area contributed by atoms with Crippen molar-refractivity contribution < 1.29 is 4.74 Å². The Morgan fingerprint density at radius 1 is 1.53 bits per heavy atom. The Balaban J connectivity index is 2.26. The van der Waals surface area contributed by atoms with E-state index in [2.05, 4.69) is 16.3 Å². The van der Waals surface area contributed by atoms with Crippen molar-refractivity contribution in [3.05, 3.63) is 29.8 Å². The van der Waals surface area contributed by atoms with E-state index in [-0.39, 0.29) is 0 Å². The molecule has 1 aromatic rings. The number of nitrogens with one attached hydrogen (secondary N) is 1. The molecule has 1 unspecified atom stereocenters. The lowest BCUT2D eigenvalue weighted by Gasteiger charge is -2.37. The van der Waals surface area contributed by atoms with Gasteiger partial charge in [-0.25, -0.2) is 0 Å². The van der Waals surface area contributed by atoms with Crippen LogP contribution < -0.4 is 10.2 Å². The van der Waals surface area contributed by atoms with Crippen molar-refractivity contribution in [2.24, 2.45) is 0 Å². The van der Waals surface area contributed by atoms with Crippen LogP contribution in [0.1, 0.15) is 5.56 Å². The van der Waals surface area contributed by atoms with Crippen LogP contribution in [0.2, 0.25) is 0 Å². The summed E-state index contributed by atoms with van der Waals surface area (Å²) in [5, 5.41) is 12.3. The summed E-state index contributed by atoms with van der Waals surface area (Å²) in [5.74, 6) is 0. The highest BCUT2D eigenvalue weighted by molar-refractivity contribution is 5.60. The summed E-state index contributed by atoms with van der Waals surface area (Å²) in [7, 11) is 1.93. The van der Waals surface area contributed by atoms with E-state index in [1.807, 2.05) is 31.3 Å². The lowest BCUT2D eigenvalue weighted by atomic mass is 10.1. The maximum atomic E-state index is 9.14. The second kappa shape index (κ2) is 5.67. The van der Waals surface area contributed by atoms with Gasteiger partial charge in [-0.2, -0.15) is 5.26 Å². The Morgan fingerprint density at radius 2 is 2.35 bits per heavy atom. The molecule has 1 N–H and O–H groups in total. The standard InChI is InChI=1S/C13H17N3O/c1-15-9-12-10-17-7-6-16(12)13-5-3-2-4-11(13)8-14/h2-5,12,15H,6-7,9-10H2,1H3. The van der Waals surface area contributed by atoms with Gasteiger partial charge >= 0.3 is 0 Å².